The Bertz CT molecular complexity index is 510. The molecule has 4 nitrogen and oxygen atoms in total. The van der Waals surface area contributed by atoms with E-state index in [0.717, 1.165) is 62.7 Å². The van der Waals surface area contributed by atoms with E-state index < -0.39 is 5.60 Å². The summed E-state index contributed by atoms with van der Waals surface area (Å²) in [6, 6.07) is 6.32. The molecule has 1 aliphatic carbocycles. The van der Waals surface area contributed by atoms with E-state index in [0.29, 0.717) is 6.61 Å². The third-order valence-electron chi connectivity index (χ3n) is 5.06. The normalized spacial score (nSPS) is 27.1. The zero-order chi connectivity index (χ0) is 16.1. The van der Waals surface area contributed by atoms with Gasteiger partial charge in [0.15, 0.2) is 6.29 Å². The molecule has 23 heavy (non-hydrogen) atoms. The molecule has 128 valence electrons. The fourth-order valence-electron chi connectivity index (χ4n) is 3.66. The number of aliphatic hydroxyl groups excluding tert-OH is 1. The Labute approximate surface area is 138 Å². The quantitative estimate of drug-likeness (QED) is 0.758. The lowest BCUT2D eigenvalue weighted by molar-refractivity contribution is -0.168. The molecule has 1 aromatic rings. The molecule has 0 spiro atoms. The van der Waals surface area contributed by atoms with Gasteiger partial charge in [-0.1, -0.05) is 18.2 Å². The van der Waals surface area contributed by atoms with Gasteiger partial charge in [0, 0.05) is 13.2 Å². The summed E-state index contributed by atoms with van der Waals surface area (Å²) in [6.07, 6.45) is 7.20. The highest BCUT2D eigenvalue weighted by molar-refractivity contribution is 5.40. The lowest BCUT2D eigenvalue weighted by Gasteiger charge is -2.25. The van der Waals surface area contributed by atoms with E-state index in [1.165, 1.54) is 12.0 Å². The summed E-state index contributed by atoms with van der Waals surface area (Å²) in [6.45, 7) is 1.52. The average Bonchev–Trinajstić information content (AvgIpc) is 2.91. The fourth-order valence-corrected chi connectivity index (χ4v) is 3.66. The average molecular weight is 320 g/mol. The van der Waals surface area contributed by atoms with Crippen LogP contribution in [-0.4, -0.2) is 29.7 Å². The third-order valence-corrected chi connectivity index (χ3v) is 5.06. The Morgan fingerprint density at radius 1 is 1.26 bits per heavy atom. The van der Waals surface area contributed by atoms with Crippen LogP contribution in [0.1, 0.15) is 61.6 Å². The largest absolute Gasteiger partial charge is 0.396 e. The molecule has 2 aliphatic rings. The van der Waals surface area contributed by atoms with Crippen LogP contribution < -0.4 is 0 Å². The summed E-state index contributed by atoms with van der Waals surface area (Å²) >= 11 is 0. The van der Waals surface area contributed by atoms with E-state index in [-0.39, 0.29) is 12.9 Å². The number of hydrogen-bond acceptors (Lipinski definition) is 4. The molecular formula is C19H28O4. The van der Waals surface area contributed by atoms with Crippen molar-refractivity contribution in [2.24, 2.45) is 0 Å². The first-order valence-corrected chi connectivity index (χ1v) is 8.90. The fraction of sp³-hybridized carbons (Fsp3) is 0.684. The van der Waals surface area contributed by atoms with E-state index >= 15 is 0 Å². The summed E-state index contributed by atoms with van der Waals surface area (Å²) in [5.74, 6) is 0. The van der Waals surface area contributed by atoms with Crippen molar-refractivity contribution in [3.63, 3.8) is 0 Å². The standard InChI is InChI=1S/C19H28O4/c20-11-3-2-9-19(21)10-8-16-7-6-15(13-17(16)19)14-23-18-5-1-4-12-22-18/h6-7,13,18,20-21H,1-5,8-12,14H2. The van der Waals surface area contributed by atoms with Crippen LogP contribution in [0.3, 0.4) is 0 Å². The summed E-state index contributed by atoms with van der Waals surface area (Å²) in [4.78, 5) is 0. The number of aryl methyl sites for hydroxylation is 1. The van der Waals surface area contributed by atoms with E-state index in [1.807, 2.05) is 0 Å². The van der Waals surface area contributed by atoms with Gasteiger partial charge in [0.05, 0.1) is 12.2 Å². The highest BCUT2D eigenvalue weighted by Crippen LogP contribution is 2.41. The molecule has 0 bridgehead atoms. The van der Waals surface area contributed by atoms with Crippen LogP contribution in [0.15, 0.2) is 18.2 Å². The van der Waals surface area contributed by atoms with Crippen LogP contribution in [0.25, 0.3) is 0 Å². The molecule has 0 radical (unpaired) electrons. The van der Waals surface area contributed by atoms with Crippen molar-refractivity contribution in [3.8, 4) is 0 Å². The minimum atomic E-state index is -0.734. The van der Waals surface area contributed by atoms with Crippen LogP contribution in [0, 0.1) is 0 Å². The van der Waals surface area contributed by atoms with Gasteiger partial charge in [-0.05, 0) is 68.1 Å². The summed E-state index contributed by atoms with van der Waals surface area (Å²) in [5.41, 5.74) is 2.66. The zero-order valence-electron chi connectivity index (χ0n) is 13.8. The molecule has 1 saturated heterocycles. The molecule has 2 N–H and O–H groups in total. The van der Waals surface area contributed by atoms with Gasteiger partial charge in [0.1, 0.15) is 0 Å². The SMILES string of the molecule is OCCCCC1(O)CCc2ccc(COC3CCCCO3)cc21. The van der Waals surface area contributed by atoms with Crippen LogP contribution in [0.2, 0.25) is 0 Å². The molecule has 1 fully saturated rings. The van der Waals surface area contributed by atoms with Gasteiger partial charge >= 0.3 is 0 Å². The van der Waals surface area contributed by atoms with Crippen molar-refractivity contribution in [3.05, 3.63) is 34.9 Å². The van der Waals surface area contributed by atoms with Gasteiger partial charge in [-0.25, -0.2) is 0 Å². The number of rotatable bonds is 7. The van der Waals surface area contributed by atoms with Gasteiger partial charge in [-0.3, -0.25) is 0 Å². The zero-order valence-corrected chi connectivity index (χ0v) is 13.8. The van der Waals surface area contributed by atoms with E-state index in [4.69, 9.17) is 14.6 Å². The summed E-state index contributed by atoms with van der Waals surface area (Å²) < 4.78 is 11.5. The molecule has 0 aromatic heterocycles. The Morgan fingerprint density at radius 2 is 2.17 bits per heavy atom. The number of benzene rings is 1. The molecule has 1 aliphatic heterocycles. The third kappa shape index (κ3) is 4.13. The van der Waals surface area contributed by atoms with Crippen molar-refractivity contribution in [1.29, 1.82) is 0 Å². The molecule has 2 atom stereocenters. The van der Waals surface area contributed by atoms with Crippen LogP contribution in [-0.2, 0) is 28.1 Å². The molecule has 0 amide bonds. The molecule has 3 rings (SSSR count). The second-order valence-corrected chi connectivity index (χ2v) is 6.81. The Morgan fingerprint density at radius 3 is 2.96 bits per heavy atom. The predicted molar refractivity (Wildman–Crippen MR) is 88.0 cm³/mol. The predicted octanol–water partition coefficient (Wildman–Crippen LogP) is 3.03. The molecular weight excluding hydrogens is 292 g/mol. The van der Waals surface area contributed by atoms with Crippen molar-refractivity contribution in [2.75, 3.05) is 13.2 Å². The van der Waals surface area contributed by atoms with Crippen molar-refractivity contribution in [1.82, 2.24) is 0 Å². The number of unbranched alkanes of at least 4 members (excludes halogenated alkanes) is 1. The molecule has 2 unspecified atom stereocenters. The Balaban J connectivity index is 1.63. The minimum Gasteiger partial charge on any atom is -0.396 e. The topological polar surface area (TPSA) is 58.9 Å². The van der Waals surface area contributed by atoms with Gasteiger partial charge in [-0.2, -0.15) is 0 Å². The van der Waals surface area contributed by atoms with Gasteiger partial charge in [0.2, 0.25) is 0 Å². The summed E-state index contributed by atoms with van der Waals surface area (Å²) in [5, 5.41) is 19.9. The van der Waals surface area contributed by atoms with Crippen LogP contribution in [0.5, 0.6) is 0 Å². The second kappa shape index (κ2) is 7.75. The van der Waals surface area contributed by atoms with Crippen molar-refractivity contribution in [2.45, 2.75) is 69.9 Å². The first-order chi connectivity index (χ1) is 11.2. The first-order valence-electron chi connectivity index (χ1n) is 8.90. The maximum atomic E-state index is 11.0. The lowest BCUT2D eigenvalue weighted by Crippen LogP contribution is -2.23. The Hall–Kier alpha value is -0.940. The Kier molecular flexibility index (Phi) is 5.70. The monoisotopic (exact) mass is 320 g/mol. The number of fused-ring (bicyclic) bond motifs is 1. The van der Waals surface area contributed by atoms with E-state index in [1.54, 1.807) is 0 Å². The van der Waals surface area contributed by atoms with Gasteiger partial charge < -0.3 is 19.7 Å². The number of hydrogen-bond donors (Lipinski definition) is 2. The lowest BCUT2D eigenvalue weighted by atomic mass is 9.89. The molecule has 4 heteroatoms. The van der Waals surface area contributed by atoms with E-state index in [9.17, 15) is 5.11 Å². The highest BCUT2D eigenvalue weighted by atomic mass is 16.7. The second-order valence-electron chi connectivity index (χ2n) is 6.81. The first kappa shape index (κ1) is 16.9. The number of aliphatic hydroxyl groups is 2. The number of ether oxygens (including phenoxy) is 2. The maximum Gasteiger partial charge on any atom is 0.158 e. The van der Waals surface area contributed by atoms with Gasteiger partial charge in [0.25, 0.3) is 0 Å². The minimum absolute atomic E-state index is 0.0829. The maximum absolute atomic E-state index is 11.0. The van der Waals surface area contributed by atoms with Crippen molar-refractivity contribution >= 4 is 0 Å². The van der Waals surface area contributed by atoms with Crippen LogP contribution >= 0.6 is 0 Å². The highest BCUT2D eigenvalue weighted by Gasteiger charge is 2.36. The van der Waals surface area contributed by atoms with Crippen LogP contribution in [0.4, 0.5) is 0 Å². The smallest absolute Gasteiger partial charge is 0.158 e. The van der Waals surface area contributed by atoms with Crippen molar-refractivity contribution < 1.29 is 19.7 Å². The van der Waals surface area contributed by atoms with E-state index in [2.05, 4.69) is 18.2 Å². The molecule has 1 aromatic carbocycles. The van der Waals surface area contributed by atoms with Gasteiger partial charge in [-0.15, -0.1) is 0 Å². The molecule has 1 heterocycles. The summed E-state index contributed by atoms with van der Waals surface area (Å²) in [7, 11) is 0. The molecule has 0 saturated carbocycles.